The van der Waals surface area contributed by atoms with Crippen molar-refractivity contribution in [3.63, 3.8) is 0 Å². The number of carbonyl (C=O) groups excluding carboxylic acids is 1. The van der Waals surface area contributed by atoms with Crippen molar-refractivity contribution in [2.45, 2.75) is 50.1 Å². The van der Waals surface area contributed by atoms with Crippen LogP contribution in [-0.4, -0.2) is 61.8 Å². The van der Waals surface area contributed by atoms with Crippen molar-refractivity contribution in [2.75, 3.05) is 26.2 Å². The summed E-state index contributed by atoms with van der Waals surface area (Å²) < 4.78 is 27.6. The van der Waals surface area contributed by atoms with E-state index >= 15 is 0 Å². The molecule has 0 saturated carbocycles. The van der Waals surface area contributed by atoms with Crippen molar-refractivity contribution in [1.82, 2.24) is 14.5 Å². The summed E-state index contributed by atoms with van der Waals surface area (Å²) in [4.78, 5) is 14.8. The van der Waals surface area contributed by atoms with E-state index < -0.39 is 10.0 Å². The highest BCUT2D eigenvalue weighted by Crippen LogP contribution is 2.25. The van der Waals surface area contributed by atoms with Crippen molar-refractivity contribution in [2.24, 2.45) is 0 Å². The molecule has 146 valence electrons. The second-order valence-corrected chi connectivity index (χ2v) is 8.99. The second kappa shape index (κ2) is 8.69. The van der Waals surface area contributed by atoms with Gasteiger partial charge >= 0.3 is 0 Å². The first-order valence-corrected chi connectivity index (χ1v) is 10.5. The van der Waals surface area contributed by atoms with Gasteiger partial charge in [0.2, 0.25) is 10.0 Å². The standard InChI is InChI=1S/C18H27N3O3S.ClH/c1-14-13-20(11-9-19-14)18(22)16-7-5-8-17(12-16)25(23,24)21-10-4-3-6-15(21)2;/h5,7-8,12,14-15,19H,3-4,6,9-11,13H2,1-2H3;1H. The average molecular weight is 402 g/mol. The van der Waals surface area contributed by atoms with Crippen molar-refractivity contribution in [3.05, 3.63) is 29.8 Å². The minimum Gasteiger partial charge on any atom is -0.336 e. The zero-order chi connectivity index (χ0) is 18.0. The van der Waals surface area contributed by atoms with E-state index in [2.05, 4.69) is 5.32 Å². The zero-order valence-electron chi connectivity index (χ0n) is 15.3. The summed E-state index contributed by atoms with van der Waals surface area (Å²) in [5.74, 6) is -0.0999. The van der Waals surface area contributed by atoms with E-state index in [4.69, 9.17) is 0 Å². The summed E-state index contributed by atoms with van der Waals surface area (Å²) in [5, 5.41) is 3.31. The highest BCUT2D eigenvalue weighted by atomic mass is 35.5. The van der Waals surface area contributed by atoms with Gasteiger partial charge in [-0.15, -0.1) is 12.4 Å². The monoisotopic (exact) mass is 401 g/mol. The summed E-state index contributed by atoms with van der Waals surface area (Å²) in [7, 11) is -3.56. The number of hydrogen-bond donors (Lipinski definition) is 1. The number of halogens is 1. The molecule has 3 rings (SSSR count). The largest absolute Gasteiger partial charge is 0.336 e. The Bertz CT molecular complexity index is 741. The Kier molecular flexibility index (Phi) is 7.07. The van der Waals surface area contributed by atoms with Crippen molar-refractivity contribution in [1.29, 1.82) is 0 Å². The molecule has 0 radical (unpaired) electrons. The van der Waals surface area contributed by atoms with Gasteiger partial charge in [-0.25, -0.2) is 8.42 Å². The predicted molar refractivity (Wildman–Crippen MR) is 104 cm³/mol. The lowest BCUT2D eigenvalue weighted by Crippen LogP contribution is -2.51. The maximum Gasteiger partial charge on any atom is 0.253 e. The Morgan fingerprint density at radius 1 is 1.19 bits per heavy atom. The molecule has 1 N–H and O–H groups in total. The molecule has 1 aromatic carbocycles. The SMILES string of the molecule is CC1CN(C(=O)c2cccc(S(=O)(=O)N3CCCCC3C)c2)CCN1.Cl. The molecule has 26 heavy (non-hydrogen) atoms. The fourth-order valence-corrected chi connectivity index (χ4v) is 5.40. The number of rotatable bonds is 3. The third-order valence-electron chi connectivity index (χ3n) is 5.09. The van der Waals surface area contributed by atoms with Crippen LogP contribution < -0.4 is 5.32 Å². The predicted octanol–water partition coefficient (Wildman–Crippen LogP) is 2.11. The van der Waals surface area contributed by atoms with E-state index in [1.54, 1.807) is 27.4 Å². The smallest absolute Gasteiger partial charge is 0.253 e. The maximum absolute atomic E-state index is 13.0. The molecule has 2 aliphatic heterocycles. The zero-order valence-corrected chi connectivity index (χ0v) is 17.0. The molecule has 0 aliphatic carbocycles. The van der Waals surface area contributed by atoms with Gasteiger partial charge in [0.15, 0.2) is 0 Å². The second-order valence-electron chi connectivity index (χ2n) is 7.09. The first-order valence-electron chi connectivity index (χ1n) is 9.04. The summed E-state index contributed by atoms with van der Waals surface area (Å²) in [6, 6.07) is 6.75. The van der Waals surface area contributed by atoms with Crippen molar-refractivity contribution >= 4 is 28.3 Å². The average Bonchev–Trinajstić information content (AvgIpc) is 2.61. The Morgan fingerprint density at radius 3 is 2.65 bits per heavy atom. The fourth-order valence-electron chi connectivity index (χ4n) is 3.65. The van der Waals surface area contributed by atoms with Crippen LogP contribution in [0, 0.1) is 0 Å². The van der Waals surface area contributed by atoms with Gasteiger partial charge < -0.3 is 10.2 Å². The van der Waals surface area contributed by atoms with Crippen LogP contribution in [0.15, 0.2) is 29.2 Å². The third-order valence-corrected chi connectivity index (χ3v) is 7.10. The number of carbonyl (C=O) groups is 1. The Labute approximate surface area is 162 Å². The summed E-state index contributed by atoms with van der Waals surface area (Å²) in [6.07, 6.45) is 2.84. The van der Waals surface area contributed by atoms with E-state index in [9.17, 15) is 13.2 Å². The Hall–Kier alpha value is -1.15. The lowest BCUT2D eigenvalue weighted by Gasteiger charge is -2.33. The minimum absolute atomic E-state index is 0. The number of hydrogen-bond acceptors (Lipinski definition) is 4. The highest BCUT2D eigenvalue weighted by Gasteiger charge is 2.31. The van der Waals surface area contributed by atoms with E-state index in [0.717, 1.165) is 25.8 Å². The molecule has 0 spiro atoms. The van der Waals surface area contributed by atoms with E-state index in [0.29, 0.717) is 25.2 Å². The maximum atomic E-state index is 13.0. The van der Waals surface area contributed by atoms with Gasteiger partial charge in [-0.05, 0) is 44.9 Å². The molecule has 2 aliphatic rings. The molecule has 0 bridgehead atoms. The number of amides is 1. The normalized spacial score (nSPS) is 24.8. The molecule has 6 nitrogen and oxygen atoms in total. The van der Waals surface area contributed by atoms with E-state index in [1.807, 2.05) is 13.8 Å². The van der Waals surface area contributed by atoms with Gasteiger partial charge in [0, 0.05) is 43.8 Å². The van der Waals surface area contributed by atoms with Crippen molar-refractivity contribution < 1.29 is 13.2 Å². The molecule has 2 atom stereocenters. The lowest BCUT2D eigenvalue weighted by molar-refractivity contribution is 0.0709. The van der Waals surface area contributed by atoms with Crippen LogP contribution in [0.1, 0.15) is 43.5 Å². The topological polar surface area (TPSA) is 69.7 Å². The molecular formula is C18H28ClN3O3S. The summed E-state index contributed by atoms with van der Waals surface area (Å²) >= 11 is 0. The summed E-state index contributed by atoms with van der Waals surface area (Å²) in [6.45, 7) is 6.58. The number of nitrogens with zero attached hydrogens (tertiary/aromatic N) is 2. The molecule has 8 heteroatoms. The lowest BCUT2D eigenvalue weighted by atomic mass is 10.1. The van der Waals surface area contributed by atoms with Gasteiger partial charge in [-0.2, -0.15) is 4.31 Å². The van der Waals surface area contributed by atoms with Crippen LogP contribution in [0.2, 0.25) is 0 Å². The molecule has 2 unspecified atom stereocenters. The highest BCUT2D eigenvalue weighted by molar-refractivity contribution is 7.89. The molecule has 2 saturated heterocycles. The van der Waals surface area contributed by atoms with Crippen LogP contribution in [0.5, 0.6) is 0 Å². The van der Waals surface area contributed by atoms with Crippen LogP contribution in [0.25, 0.3) is 0 Å². The van der Waals surface area contributed by atoms with Crippen LogP contribution in [0.3, 0.4) is 0 Å². The molecule has 1 aromatic rings. The molecular weight excluding hydrogens is 374 g/mol. The van der Waals surface area contributed by atoms with E-state index in [1.165, 1.54) is 6.07 Å². The number of benzene rings is 1. The summed E-state index contributed by atoms with van der Waals surface area (Å²) in [5.41, 5.74) is 0.444. The quantitative estimate of drug-likeness (QED) is 0.842. The van der Waals surface area contributed by atoms with Gasteiger partial charge in [-0.3, -0.25) is 4.79 Å². The number of nitrogens with one attached hydrogen (secondary N) is 1. The number of piperidine rings is 1. The Morgan fingerprint density at radius 2 is 1.96 bits per heavy atom. The van der Waals surface area contributed by atoms with Gasteiger partial charge in [0.25, 0.3) is 5.91 Å². The number of piperazine rings is 1. The van der Waals surface area contributed by atoms with Gasteiger partial charge in [-0.1, -0.05) is 12.5 Å². The van der Waals surface area contributed by atoms with Gasteiger partial charge in [0.1, 0.15) is 0 Å². The first-order chi connectivity index (χ1) is 11.9. The molecule has 1 amide bonds. The van der Waals surface area contributed by atoms with Gasteiger partial charge in [0.05, 0.1) is 4.90 Å². The fraction of sp³-hybridized carbons (Fsp3) is 0.611. The van der Waals surface area contributed by atoms with Crippen molar-refractivity contribution in [3.8, 4) is 0 Å². The molecule has 0 aromatic heterocycles. The first kappa shape index (κ1) is 21.2. The van der Waals surface area contributed by atoms with Crippen LogP contribution in [0.4, 0.5) is 0 Å². The van der Waals surface area contributed by atoms with E-state index in [-0.39, 0.29) is 35.3 Å². The Balaban J connectivity index is 0.00000243. The third kappa shape index (κ3) is 4.39. The molecule has 2 heterocycles. The molecule has 2 fully saturated rings. The minimum atomic E-state index is -3.56. The van der Waals surface area contributed by atoms with Crippen LogP contribution in [-0.2, 0) is 10.0 Å². The number of sulfonamides is 1. The van der Waals surface area contributed by atoms with Crippen LogP contribution >= 0.6 is 12.4 Å².